The summed E-state index contributed by atoms with van der Waals surface area (Å²) in [5.74, 6) is 2.32. The van der Waals surface area contributed by atoms with Crippen LogP contribution in [0, 0.1) is 0 Å². The Kier molecular flexibility index (Phi) is 7.13. The largest absolute Gasteiger partial charge is 0.456 e. The molecule has 9 aromatic carbocycles. The summed E-state index contributed by atoms with van der Waals surface area (Å²) in [4.78, 5) is 20.6. The fourth-order valence-corrected chi connectivity index (χ4v) is 8.30. The fourth-order valence-electron chi connectivity index (χ4n) is 8.30. The molecule has 6 heteroatoms. The Morgan fingerprint density at radius 2 is 0.931 bits per heavy atom. The van der Waals surface area contributed by atoms with Gasteiger partial charge < -0.3 is 8.83 Å². The lowest BCUT2D eigenvalue weighted by Crippen LogP contribution is -2.01. The molecule has 0 atom stereocenters. The summed E-state index contributed by atoms with van der Waals surface area (Å²) in [5, 5.41) is 8.58. The predicted molar refractivity (Wildman–Crippen MR) is 234 cm³/mol. The van der Waals surface area contributed by atoms with Gasteiger partial charge in [-0.2, -0.15) is 0 Å². The van der Waals surface area contributed by atoms with Gasteiger partial charge in [0.25, 0.3) is 0 Å². The Bertz CT molecular complexity index is 3590. The molecule has 0 aliphatic heterocycles. The third-order valence-electron chi connectivity index (χ3n) is 11.1. The maximum Gasteiger partial charge on any atom is 0.227 e. The van der Waals surface area contributed by atoms with E-state index in [1.165, 1.54) is 0 Å². The first-order valence-corrected chi connectivity index (χ1v) is 19.3. The molecule has 6 nitrogen and oxygen atoms in total. The summed E-state index contributed by atoms with van der Waals surface area (Å²) in [6.07, 6.45) is 0. The zero-order chi connectivity index (χ0) is 38.2. The van der Waals surface area contributed by atoms with E-state index in [1.54, 1.807) is 0 Å². The Morgan fingerprint density at radius 3 is 1.71 bits per heavy atom. The molecule has 0 aliphatic rings. The van der Waals surface area contributed by atoms with E-state index in [0.717, 1.165) is 87.6 Å². The number of rotatable bonds is 5. The average molecular weight is 743 g/mol. The van der Waals surface area contributed by atoms with Gasteiger partial charge >= 0.3 is 0 Å². The van der Waals surface area contributed by atoms with Crippen LogP contribution in [0.2, 0.25) is 0 Å². The number of furan rings is 1. The highest BCUT2D eigenvalue weighted by molar-refractivity contribution is 6.20. The van der Waals surface area contributed by atoms with Crippen molar-refractivity contribution in [1.82, 2.24) is 19.9 Å². The van der Waals surface area contributed by atoms with E-state index in [9.17, 15) is 0 Å². The molecule has 0 saturated carbocycles. The Balaban J connectivity index is 1.13. The van der Waals surface area contributed by atoms with Gasteiger partial charge in [0.05, 0.1) is 0 Å². The van der Waals surface area contributed by atoms with Crippen LogP contribution in [0.4, 0.5) is 0 Å². The van der Waals surface area contributed by atoms with Crippen LogP contribution in [-0.2, 0) is 0 Å². The topological polar surface area (TPSA) is 77.8 Å². The molecule has 12 rings (SSSR count). The van der Waals surface area contributed by atoms with Gasteiger partial charge in [-0.25, -0.2) is 19.9 Å². The van der Waals surface area contributed by atoms with Crippen molar-refractivity contribution in [1.29, 1.82) is 0 Å². The number of fused-ring (bicyclic) bond motifs is 7. The molecule has 0 spiro atoms. The molecule has 0 amide bonds. The maximum atomic E-state index is 6.87. The SMILES string of the molecule is c1ccc(-c2nc(-c3ccc4ccccc4c3)nc(-c3cc(-c4c5oc(-c6ccc7ccccc7c6)nc5cc5oc6ccccc6c45)cc4ccccc34)n2)cc1. The average Bonchev–Trinajstić information content (AvgIpc) is 3.89. The predicted octanol–water partition coefficient (Wildman–Crippen LogP) is 13.7. The van der Waals surface area contributed by atoms with Crippen LogP contribution < -0.4 is 0 Å². The van der Waals surface area contributed by atoms with E-state index in [2.05, 4.69) is 121 Å². The third kappa shape index (κ3) is 5.27. The van der Waals surface area contributed by atoms with Crippen molar-refractivity contribution < 1.29 is 8.83 Å². The quantitative estimate of drug-likeness (QED) is 0.175. The van der Waals surface area contributed by atoms with Crippen molar-refractivity contribution in [3.63, 3.8) is 0 Å². The minimum atomic E-state index is 0.546. The number of aromatic nitrogens is 4. The maximum absolute atomic E-state index is 6.87. The first kappa shape index (κ1) is 32.3. The molecule has 0 fully saturated rings. The zero-order valence-corrected chi connectivity index (χ0v) is 30.9. The summed E-state index contributed by atoms with van der Waals surface area (Å²) < 4.78 is 13.4. The molecule has 0 aliphatic carbocycles. The zero-order valence-electron chi connectivity index (χ0n) is 30.9. The first-order chi connectivity index (χ1) is 28.7. The Hall–Kier alpha value is -7.96. The molecule has 12 aromatic rings. The van der Waals surface area contributed by atoms with E-state index in [1.807, 2.05) is 60.7 Å². The second kappa shape index (κ2) is 12.8. The second-order valence-corrected chi connectivity index (χ2v) is 14.6. The van der Waals surface area contributed by atoms with Crippen molar-refractivity contribution in [2.24, 2.45) is 0 Å². The van der Waals surface area contributed by atoms with Crippen LogP contribution in [0.3, 0.4) is 0 Å². The molecule has 0 N–H and O–H groups in total. The second-order valence-electron chi connectivity index (χ2n) is 14.6. The van der Waals surface area contributed by atoms with Gasteiger partial charge in [-0.3, -0.25) is 0 Å². The Labute approximate surface area is 331 Å². The minimum Gasteiger partial charge on any atom is -0.456 e. The van der Waals surface area contributed by atoms with Crippen LogP contribution in [0.1, 0.15) is 0 Å². The number of nitrogens with zero attached hydrogens (tertiary/aromatic N) is 4. The van der Waals surface area contributed by atoms with Crippen LogP contribution in [-0.4, -0.2) is 19.9 Å². The molecular formula is C52H30N4O2. The van der Waals surface area contributed by atoms with Crippen molar-refractivity contribution in [2.45, 2.75) is 0 Å². The lowest BCUT2D eigenvalue weighted by Gasteiger charge is -2.13. The summed E-state index contributed by atoms with van der Waals surface area (Å²) in [6.45, 7) is 0. The summed E-state index contributed by atoms with van der Waals surface area (Å²) >= 11 is 0. The van der Waals surface area contributed by atoms with E-state index < -0.39 is 0 Å². The summed E-state index contributed by atoms with van der Waals surface area (Å²) in [7, 11) is 0. The smallest absolute Gasteiger partial charge is 0.227 e. The van der Waals surface area contributed by atoms with Crippen molar-refractivity contribution in [2.75, 3.05) is 0 Å². The molecule has 270 valence electrons. The van der Waals surface area contributed by atoms with Gasteiger partial charge in [-0.1, -0.05) is 140 Å². The summed E-state index contributed by atoms with van der Waals surface area (Å²) in [6, 6.07) is 62.4. The van der Waals surface area contributed by atoms with Crippen molar-refractivity contribution >= 4 is 65.4 Å². The normalized spacial score (nSPS) is 11.8. The number of hydrogen-bond acceptors (Lipinski definition) is 6. The lowest BCUT2D eigenvalue weighted by atomic mass is 9.93. The number of oxazole rings is 1. The van der Waals surface area contributed by atoms with Gasteiger partial charge in [0.1, 0.15) is 16.7 Å². The van der Waals surface area contributed by atoms with Gasteiger partial charge in [0.15, 0.2) is 23.1 Å². The van der Waals surface area contributed by atoms with Crippen LogP contribution in [0.25, 0.3) is 122 Å². The van der Waals surface area contributed by atoms with E-state index in [4.69, 9.17) is 28.8 Å². The molecule has 0 bridgehead atoms. The molecule has 3 aromatic heterocycles. The first-order valence-electron chi connectivity index (χ1n) is 19.3. The molecule has 58 heavy (non-hydrogen) atoms. The monoisotopic (exact) mass is 742 g/mol. The van der Waals surface area contributed by atoms with Gasteiger partial charge in [-0.05, 0) is 74.3 Å². The number of benzene rings is 9. The van der Waals surface area contributed by atoms with Crippen molar-refractivity contribution in [3.05, 3.63) is 182 Å². The number of para-hydroxylation sites is 1. The molecule has 0 radical (unpaired) electrons. The van der Waals surface area contributed by atoms with Crippen LogP contribution in [0.5, 0.6) is 0 Å². The minimum absolute atomic E-state index is 0.546. The lowest BCUT2D eigenvalue weighted by molar-refractivity contribution is 0.621. The van der Waals surface area contributed by atoms with Gasteiger partial charge in [0, 0.05) is 44.7 Å². The van der Waals surface area contributed by atoms with Crippen molar-refractivity contribution in [3.8, 4) is 56.7 Å². The van der Waals surface area contributed by atoms with E-state index >= 15 is 0 Å². The molecule has 3 heterocycles. The van der Waals surface area contributed by atoms with Gasteiger partial charge in [0.2, 0.25) is 5.89 Å². The highest BCUT2D eigenvalue weighted by Crippen LogP contribution is 2.45. The molecule has 0 saturated heterocycles. The highest BCUT2D eigenvalue weighted by atomic mass is 16.4. The van der Waals surface area contributed by atoms with Gasteiger partial charge in [-0.15, -0.1) is 0 Å². The fraction of sp³-hybridized carbons (Fsp3) is 0. The molecular weight excluding hydrogens is 713 g/mol. The summed E-state index contributed by atoms with van der Waals surface area (Å²) in [5.41, 5.74) is 8.37. The van der Waals surface area contributed by atoms with Crippen LogP contribution >= 0.6 is 0 Å². The van der Waals surface area contributed by atoms with E-state index in [-0.39, 0.29) is 0 Å². The molecule has 0 unspecified atom stereocenters. The van der Waals surface area contributed by atoms with Crippen LogP contribution in [0.15, 0.2) is 191 Å². The number of hydrogen-bond donors (Lipinski definition) is 0. The Morgan fingerprint density at radius 1 is 0.345 bits per heavy atom. The standard InChI is InChI=1S/C52H30N4O2/c1-2-14-33(15-3-1)49-54-50(37-24-22-31-12-4-6-16-34(31)26-37)56-51(55-49)42-29-39(28-36-18-8-9-19-40(36)42)46-47-41-20-10-11-21-44(41)57-45(47)30-43-48(46)58-52(53-43)38-25-23-32-13-5-7-17-35(32)27-38/h1-30H. The highest BCUT2D eigenvalue weighted by Gasteiger charge is 2.24. The third-order valence-corrected chi connectivity index (χ3v) is 11.1. The van der Waals surface area contributed by atoms with E-state index in [0.29, 0.717) is 34.5 Å².